The molecule has 0 aliphatic carbocycles. The van der Waals surface area contributed by atoms with Gasteiger partial charge < -0.3 is 14.5 Å². The Balaban J connectivity index is 1.86. The molecule has 124 valence electrons. The highest BCUT2D eigenvalue weighted by Crippen LogP contribution is 2.33. The van der Waals surface area contributed by atoms with E-state index in [0.29, 0.717) is 19.0 Å². The maximum Gasteiger partial charge on any atom is 0.257 e. The predicted molar refractivity (Wildman–Crippen MR) is 88.5 cm³/mol. The molecule has 0 spiro atoms. The number of piperidine rings is 1. The maximum absolute atomic E-state index is 12.8. The van der Waals surface area contributed by atoms with Crippen molar-refractivity contribution in [1.29, 1.82) is 0 Å². The highest BCUT2D eigenvalue weighted by Gasteiger charge is 2.41. The van der Waals surface area contributed by atoms with Crippen molar-refractivity contribution in [2.45, 2.75) is 32.7 Å². The molecule has 2 bridgehead atoms. The van der Waals surface area contributed by atoms with Crippen LogP contribution in [0.3, 0.4) is 0 Å². The average Bonchev–Trinajstić information content (AvgIpc) is 2.84. The molecule has 1 amide bonds. The van der Waals surface area contributed by atoms with E-state index in [1.54, 1.807) is 19.5 Å². The van der Waals surface area contributed by atoms with E-state index in [9.17, 15) is 4.79 Å². The summed E-state index contributed by atoms with van der Waals surface area (Å²) in [6.07, 6.45) is 7.43. The van der Waals surface area contributed by atoms with Gasteiger partial charge in [0.2, 0.25) is 5.91 Å². The van der Waals surface area contributed by atoms with Crippen molar-refractivity contribution in [2.24, 2.45) is 5.92 Å². The van der Waals surface area contributed by atoms with E-state index in [4.69, 9.17) is 4.74 Å². The van der Waals surface area contributed by atoms with Gasteiger partial charge in [0, 0.05) is 38.1 Å². The van der Waals surface area contributed by atoms with Crippen molar-refractivity contribution >= 4 is 11.7 Å². The number of rotatable bonds is 4. The van der Waals surface area contributed by atoms with Crippen LogP contribution in [-0.2, 0) is 4.79 Å². The summed E-state index contributed by atoms with van der Waals surface area (Å²) < 4.78 is 5.34. The van der Waals surface area contributed by atoms with Crippen LogP contribution in [0.15, 0.2) is 24.0 Å². The third kappa shape index (κ3) is 3.16. The van der Waals surface area contributed by atoms with Gasteiger partial charge >= 0.3 is 0 Å². The van der Waals surface area contributed by atoms with Crippen LogP contribution in [0.25, 0.3) is 0 Å². The Bertz CT molecular complexity index is 612. The summed E-state index contributed by atoms with van der Waals surface area (Å²) in [4.78, 5) is 25.6. The van der Waals surface area contributed by atoms with Gasteiger partial charge in [-0.1, -0.05) is 11.6 Å². The van der Waals surface area contributed by atoms with Crippen LogP contribution in [0, 0.1) is 5.92 Å². The second-order valence-corrected chi connectivity index (χ2v) is 6.49. The van der Waals surface area contributed by atoms with Crippen LogP contribution < -0.4 is 9.64 Å². The number of allylic oxidation sites excluding steroid dienone is 1. The number of aromatic nitrogens is 2. The van der Waals surface area contributed by atoms with Gasteiger partial charge in [-0.2, -0.15) is 0 Å². The number of anilines is 1. The van der Waals surface area contributed by atoms with Crippen LogP contribution >= 0.6 is 0 Å². The number of hydrogen-bond acceptors (Lipinski definition) is 5. The molecule has 6 nitrogen and oxygen atoms in total. The van der Waals surface area contributed by atoms with Crippen molar-refractivity contribution < 1.29 is 9.53 Å². The smallest absolute Gasteiger partial charge is 0.257 e. The highest BCUT2D eigenvalue weighted by molar-refractivity contribution is 5.81. The van der Waals surface area contributed by atoms with Crippen LogP contribution in [0.2, 0.25) is 0 Å². The first-order chi connectivity index (χ1) is 11.1. The highest BCUT2D eigenvalue weighted by atomic mass is 16.5. The molecule has 4 heterocycles. The summed E-state index contributed by atoms with van der Waals surface area (Å²) in [5.41, 5.74) is 1.24. The molecule has 3 saturated heterocycles. The van der Waals surface area contributed by atoms with E-state index in [-0.39, 0.29) is 17.9 Å². The minimum Gasteiger partial charge on any atom is -0.478 e. The van der Waals surface area contributed by atoms with Gasteiger partial charge in [-0.25, -0.2) is 9.97 Å². The van der Waals surface area contributed by atoms with E-state index in [0.717, 1.165) is 25.2 Å². The summed E-state index contributed by atoms with van der Waals surface area (Å²) >= 11 is 0. The van der Waals surface area contributed by atoms with Gasteiger partial charge in [0.25, 0.3) is 5.88 Å². The third-order valence-corrected chi connectivity index (χ3v) is 4.63. The minimum absolute atomic E-state index is 0.0334. The molecule has 3 fully saturated rings. The molecule has 0 unspecified atom stereocenters. The van der Waals surface area contributed by atoms with Gasteiger partial charge in [-0.3, -0.25) is 4.79 Å². The fourth-order valence-electron chi connectivity index (χ4n) is 3.41. The quantitative estimate of drug-likeness (QED) is 0.794. The average molecular weight is 316 g/mol. The van der Waals surface area contributed by atoms with Crippen LogP contribution in [0.1, 0.15) is 26.7 Å². The van der Waals surface area contributed by atoms with E-state index in [1.807, 2.05) is 4.90 Å². The zero-order chi connectivity index (χ0) is 16.4. The Labute approximate surface area is 137 Å². The van der Waals surface area contributed by atoms with E-state index >= 15 is 0 Å². The molecular weight excluding hydrogens is 292 g/mol. The monoisotopic (exact) mass is 316 g/mol. The van der Waals surface area contributed by atoms with Crippen LogP contribution in [-0.4, -0.2) is 53.6 Å². The molecule has 2 atom stereocenters. The fraction of sp³-hybridized carbons (Fsp3) is 0.588. The maximum atomic E-state index is 12.8. The van der Waals surface area contributed by atoms with Crippen LogP contribution in [0.5, 0.6) is 5.88 Å². The number of carbonyl (C=O) groups excluding carboxylic acids is 1. The number of carbonyl (C=O) groups is 1. The molecule has 0 saturated carbocycles. The first-order valence-electron chi connectivity index (χ1n) is 8.14. The second kappa shape index (κ2) is 6.56. The van der Waals surface area contributed by atoms with Crippen molar-refractivity contribution in [3.63, 3.8) is 0 Å². The molecular formula is C17H24N4O2. The van der Waals surface area contributed by atoms with Crippen LogP contribution in [0.4, 0.5) is 5.82 Å². The number of nitrogens with zero attached hydrogens (tertiary/aromatic N) is 4. The summed E-state index contributed by atoms with van der Waals surface area (Å²) in [7, 11) is 1.60. The molecule has 1 aromatic heterocycles. The van der Waals surface area contributed by atoms with Gasteiger partial charge in [0.05, 0.1) is 13.0 Å². The first kappa shape index (κ1) is 15.8. The Morgan fingerprint density at radius 2 is 2.09 bits per heavy atom. The predicted octanol–water partition coefficient (Wildman–Crippen LogP) is 1.88. The molecule has 0 N–H and O–H groups in total. The van der Waals surface area contributed by atoms with Gasteiger partial charge in [-0.15, -0.1) is 0 Å². The van der Waals surface area contributed by atoms with Crippen molar-refractivity contribution in [1.82, 2.24) is 14.9 Å². The summed E-state index contributed by atoms with van der Waals surface area (Å²) in [6.45, 7) is 6.31. The zero-order valence-corrected chi connectivity index (χ0v) is 14.0. The molecule has 0 aromatic carbocycles. The van der Waals surface area contributed by atoms with Gasteiger partial charge in [0.1, 0.15) is 0 Å². The molecule has 3 aliphatic rings. The Hall–Kier alpha value is -2.11. The lowest BCUT2D eigenvalue weighted by Gasteiger charge is -2.35. The summed E-state index contributed by atoms with van der Waals surface area (Å²) in [5, 5.41) is 0. The molecule has 1 aromatic rings. The second-order valence-electron chi connectivity index (χ2n) is 6.49. The molecule has 3 aliphatic heterocycles. The Kier molecular flexibility index (Phi) is 4.50. The Morgan fingerprint density at radius 3 is 2.83 bits per heavy atom. The number of ether oxygens (including phenoxy) is 1. The summed E-state index contributed by atoms with van der Waals surface area (Å²) in [5.74, 6) is 1.57. The van der Waals surface area contributed by atoms with Crippen molar-refractivity contribution in [2.75, 3.05) is 31.6 Å². The molecule has 23 heavy (non-hydrogen) atoms. The molecule has 4 rings (SSSR count). The van der Waals surface area contributed by atoms with Gasteiger partial charge in [0.15, 0.2) is 5.82 Å². The lowest BCUT2D eigenvalue weighted by molar-refractivity contribution is -0.139. The molecule has 6 heteroatoms. The zero-order valence-electron chi connectivity index (χ0n) is 14.0. The van der Waals surface area contributed by atoms with E-state index in [2.05, 4.69) is 34.8 Å². The lowest BCUT2D eigenvalue weighted by atomic mass is 9.94. The number of methoxy groups -OCH3 is 1. The van der Waals surface area contributed by atoms with E-state index < -0.39 is 0 Å². The van der Waals surface area contributed by atoms with E-state index in [1.165, 1.54) is 5.57 Å². The van der Waals surface area contributed by atoms with Crippen molar-refractivity contribution in [3.05, 3.63) is 24.0 Å². The lowest BCUT2D eigenvalue weighted by Crippen LogP contribution is -2.47. The number of hydrogen-bond donors (Lipinski definition) is 0. The standard InChI is InChI=1S/C17H24N4O2/c1-12(2)6-9-21-14-5-4-13(17(21)22)10-20(11-14)15-16(23-3)19-8-7-18-15/h6-8,13-14H,4-5,9-11H2,1-3H3/t13-,14+/m1/s1. The third-order valence-electron chi connectivity index (χ3n) is 4.63. The molecule has 0 radical (unpaired) electrons. The first-order valence-corrected chi connectivity index (χ1v) is 8.14. The SMILES string of the molecule is COc1nccnc1N1C[C@H]2CC[C@@H](C1)N(CC=C(C)C)C2=O. The number of fused-ring (bicyclic) bond motifs is 4. The number of amides is 1. The fourth-order valence-corrected chi connectivity index (χ4v) is 3.41. The largest absolute Gasteiger partial charge is 0.478 e. The minimum atomic E-state index is 0.0334. The normalized spacial score (nSPS) is 23.7. The van der Waals surface area contributed by atoms with Gasteiger partial charge in [-0.05, 0) is 26.7 Å². The Morgan fingerprint density at radius 1 is 1.30 bits per heavy atom. The summed E-state index contributed by atoms with van der Waals surface area (Å²) in [6, 6.07) is 0.226. The topological polar surface area (TPSA) is 58.6 Å². The van der Waals surface area contributed by atoms with Crippen molar-refractivity contribution in [3.8, 4) is 5.88 Å².